The van der Waals surface area contributed by atoms with Crippen LogP contribution in [0.3, 0.4) is 0 Å². The van der Waals surface area contributed by atoms with Crippen molar-refractivity contribution in [1.82, 2.24) is 4.98 Å². The number of hydrogen-bond acceptors (Lipinski definition) is 3. The van der Waals surface area contributed by atoms with E-state index in [-0.39, 0.29) is 17.5 Å². The fourth-order valence-corrected chi connectivity index (χ4v) is 2.64. The molecule has 0 radical (unpaired) electrons. The van der Waals surface area contributed by atoms with Crippen LogP contribution < -0.4 is 4.74 Å². The van der Waals surface area contributed by atoms with Crippen LogP contribution in [0.5, 0.6) is 5.75 Å². The summed E-state index contributed by atoms with van der Waals surface area (Å²) in [5.74, 6) is -0.268. The van der Waals surface area contributed by atoms with Gasteiger partial charge in [0.1, 0.15) is 6.10 Å². The largest absolute Gasteiger partial charge is 0.485 e. The van der Waals surface area contributed by atoms with Crippen LogP contribution in [0.1, 0.15) is 32.1 Å². The van der Waals surface area contributed by atoms with Gasteiger partial charge >= 0.3 is 0 Å². The molecule has 3 nitrogen and oxygen atoms in total. The van der Waals surface area contributed by atoms with Gasteiger partial charge in [-0.05, 0) is 31.4 Å². The van der Waals surface area contributed by atoms with Crippen molar-refractivity contribution >= 4 is 0 Å². The van der Waals surface area contributed by atoms with Gasteiger partial charge in [0, 0.05) is 19.0 Å². The first kappa shape index (κ1) is 11.0. The first-order chi connectivity index (χ1) is 8.27. The zero-order chi connectivity index (χ0) is 11.7. The molecular formula is C13H16FNO2. The van der Waals surface area contributed by atoms with Crippen LogP contribution in [0.25, 0.3) is 0 Å². The number of nitrogens with zero attached hydrogens (tertiary/aromatic N) is 1. The summed E-state index contributed by atoms with van der Waals surface area (Å²) < 4.78 is 24.9. The van der Waals surface area contributed by atoms with Crippen LogP contribution in [-0.2, 0) is 4.74 Å². The number of rotatable bonds is 2. The lowest BCUT2D eigenvalue weighted by atomic mass is 9.74. The highest BCUT2D eigenvalue weighted by molar-refractivity contribution is 5.18. The Hall–Kier alpha value is -1.16. The average molecular weight is 237 g/mol. The van der Waals surface area contributed by atoms with Gasteiger partial charge in [0.05, 0.1) is 12.2 Å². The zero-order valence-corrected chi connectivity index (χ0v) is 9.69. The first-order valence-corrected chi connectivity index (χ1v) is 6.19. The van der Waals surface area contributed by atoms with Crippen LogP contribution in [0.15, 0.2) is 18.3 Å². The van der Waals surface area contributed by atoms with Gasteiger partial charge in [-0.1, -0.05) is 0 Å². The molecule has 1 atom stereocenters. The van der Waals surface area contributed by atoms with Gasteiger partial charge in [0.25, 0.3) is 5.95 Å². The summed E-state index contributed by atoms with van der Waals surface area (Å²) in [6.07, 6.45) is 6.65. The fraction of sp³-hybridized carbons (Fsp3) is 0.615. The van der Waals surface area contributed by atoms with Crippen molar-refractivity contribution in [2.75, 3.05) is 6.61 Å². The minimum Gasteiger partial charge on any atom is -0.485 e. The highest BCUT2D eigenvalue weighted by atomic mass is 19.1. The van der Waals surface area contributed by atoms with E-state index in [1.165, 1.54) is 12.6 Å². The minimum absolute atomic E-state index is 0.0294. The van der Waals surface area contributed by atoms with E-state index in [4.69, 9.17) is 9.47 Å². The van der Waals surface area contributed by atoms with E-state index in [1.54, 1.807) is 12.1 Å². The summed E-state index contributed by atoms with van der Waals surface area (Å²) in [4.78, 5) is 3.59. The first-order valence-electron chi connectivity index (χ1n) is 6.19. The quantitative estimate of drug-likeness (QED) is 0.741. The highest BCUT2D eigenvalue weighted by Crippen LogP contribution is 2.43. The van der Waals surface area contributed by atoms with E-state index in [0.717, 1.165) is 25.7 Å². The number of halogens is 1. The summed E-state index contributed by atoms with van der Waals surface area (Å²) in [6, 6.07) is 3.32. The summed E-state index contributed by atoms with van der Waals surface area (Å²) in [7, 11) is 0. The van der Waals surface area contributed by atoms with Gasteiger partial charge in [-0.2, -0.15) is 4.39 Å². The molecule has 0 N–H and O–H groups in total. The molecule has 92 valence electrons. The Kier molecular flexibility index (Phi) is 2.74. The molecule has 0 aromatic carbocycles. The molecule has 0 amide bonds. The molecule has 2 fully saturated rings. The van der Waals surface area contributed by atoms with Crippen molar-refractivity contribution in [3.8, 4) is 5.75 Å². The van der Waals surface area contributed by atoms with Gasteiger partial charge in [-0.15, -0.1) is 0 Å². The van der Waals surface area contributed by atoms with E-state index >= 15 is 0 Å². The summed E-state index contributed by atoms with van der Waals surface area (Å²) >= 11 is 0. The monoisotopic (exact) mass is 237 g/mol. The van der Waals surface area contributed by atoms with Crippen molar-refractivity contribution in [3.63, 3.8) is 0 Å². The Labute approximate surface area is 100.0 Å². The molecule has 17 heavy (non-hydrogen) atoms. The Morgan fingerprint density at radius 2 is 2.35 bits per heavy atom. The Morgan fingerprint density at radius 3 is 3.06 bits per heavy atom. The van der Waals surface area contributed by atoms with Crippen LogP contribution in [0.4, 0.5) is 4.39 Å². The Morgan fingerprint density at radius 1 is 1.47 bits per heavy atom. The predicted molar refractivity (Wildman–Crippen MR) is 60.4 cm³/mol. The maximum absolute atomic E-state index is 13.4. The maximum Gasteiger partial charge on any atom is 0.255 e. The van der Waals surface area contributed by atoms with Crippen LogP contribution in [0, 0.1) is 5.95 Å². The maximum atomic E-state index is 13.4. The Bertz CT molecular complexity index is 406. The third kappa shape index (κ3) is 2.14. The van der Waals surface area contributed by atoms with Crippen molar-refractivity contribution in [2.45, 2.75) is 43.8 Å². The van der Waals surface area contributed by atoms with Gasteiger partial charge < -0.3 is 9.47 Å². The van der Waals surface area contributed by atoms with Crippen molar-refractivity contribution < 1.29 is 13.9 Å². The number of ether oxygens (including phenoxy) is 2. The number of pyridine rings is 1. The molecule has 1 aromatic heterocycles. The molecule has 1 aliphatic carbocycles. The predicted octanol–water partition coefficient (Wildman–Crippen LogP) is 2.70. The molecule has 1 aliphatic heterocycles. The molecule has 3 rings (SSSR count). The summed E-state index contributed by atoms with van der Waals surface area (Å²) in [5.41, 5.74) is 0.0294. The van der Waals surface area contributed by atoms with E-state index in [9.17, 15) is 4.39 Å². The van der Waals surface area contributed by atoms with Crippen molar-refractivity contribution in [3.05, 3.63) is 24.3 Å². The molecule has 1 spiro atoms. The van der Waals surface area contributed by atoms with Gasteiger partial charge in [0.15, 0.2) is 5.75 Å². The van der Waals surface area contributed by atoms with Crippen molar-refractivity contribution in [1.29, 1.82) is 0 Å². The lowest BCUT2D eigenvalue weighted by Gasteiger charge is -2.46. The summed E-state index contributed by atoms with van der Waals surface area (Å²) in [6.45, 7) is 0.715. The van der Waals surface area contributed by atoms with Crippen LogP contribution in [-0.4, -0.2) is 23.3 Å². The van der Waals surface area contributed by atoms with Crippen LogP contribution >= 0.6 is 0 Å². The van der Waals surface area contributed by atoms with E-state index < -0.39 is 5.95 Å². The second kappa shape index (κ2) is 4.26. The number of hydrogen-bond donors (Lipinski definition) is 0. The molecule has 0 bridgehead atoms. The standard InChI is InChI=1S/C13H16FNO2/c14-12-11(3-1-7-15-12)17-10-4-8-16-13(9-10)5-2-6-13/h1,3,7,10H,2,4-6,8-9H2. The van der Waals surface area contributed by atoms with Crippen LogP contribution in [0.2, 0.25) is 0 Å². The summed E-state index contributed by atoms with van der Waals surface area (Å²) in [5, 5.41) is 0. The van der Waals surface area contributed by atoms with E-state index in [2.05, 4.69) is 4.98 Å². The van der Waals surface area contributed by atoms with Gasteiger partial charge in [-0.3, -0.25) is 0 Å². The smallest absolute Gasteiger partial charge is 0.255 e. The third-order valence-corrected chi connectivity index (χ3v) is 3.73. The lowest BCUT2D eigenvalue weighted by molar-refractivity contribution is -0.153. The Balaban J connectivity index is 1.67. The molecule has 1 saturated carbocycles. The number of aromatic nitrogens is 1. The van der Waals surface area contributed by atoms with Gasteiger partial charge in [0.2, 0.25) is 0 Å². The average Bonchev–Trinajstić information content (AvgIpc) is 2.31. The molecule has 2 heterocycles. The molecule has 1 saturated heterocycles. The minimum atomic E-state index is -0.526. The topological polar surface area (TPSA) is 31.4 Å². The van der Waals surface area contributed by atoms with E-state index in [1.807, 2.05) is 0 Å². The van der Waals surface area contributed by atoms with E-state index in [0.29, 0.717) is 6.61 Å². The molecule has 1 aromatic rings. The molecule has 1 unspecified atom stereocenters. The SMILES string of the molecule is Fc1ncccc1OC1CCOC2(CCC2)C1. The second-order valence-electron chi connectivity index (χ2n) is 4.91. The van der Waals surface area contributed by atoms with Crippen molar-refractivity contribution in [2.24, 2.45) is 0 Å². The molecule has 4 heteroatoms. The van der Waals surface area contributed by atoms with Gasteiger partial charge in [-0.25, -0.2) is 4.98 Å². The molecular weight excluding hydrogens is 221 g/mol. The highest BCUT2D eigenvalue weighted by Gasteiger charge is 2.43. The normalized spacial score (nSPS) is 26.5. The second-order valence-corrected chi connectivity index (χ2v) is 4.91. The third-order valence-electron chi connectivity index (χ3n) is 3.73. The lowest BCUT2D eigenvalue weighted by Crippen LogP contribution is -2.48. The molecule has 2 aliphatic rings. The fourth-order valence-electron chi connectivity index (χ4n) is 2.64. The zero-order valence-electron chi connectivity index (χ0n) is 9.69.